The van der Waals surface area contributed by atoms with Crippen LogP contribution in [0.5, 0.6) is 0 Å². The van der Waals surface area contributed by atoms with Crippen molar-refractivity contribution in [3.63, 3.8) is 0 Å². The number of hydrogen-bond acceptors (Lipinski definition) is 11. The van der Waals surface area contributed by atoms with E-state index in [0.29, 0.717) is 45.6 Å². The fraction of sp³-hybridized carbons (Fsp3) is 0.489. The van der Waals surface area contributed by atoms with Gasteiger partial charge in [-0.15, -0.1) is 11.3 Å². The van der Waals surface area contributed by atoms with Crippen LogP contribution < -0.4 is 16.0 Å². The SMILES string of the molecule is CC(C)(O)c1cc2nc(C3CCCCC3)sc2cc1NC(=O)c1cccc(C(F)(F)F)n1.[B]C1([B])CC([B])(N2C(=O)c3cccc(NCCC4CC5(C4)CN(C)C5)c3C2=O)C(=O)NC1=O. The van der Waals surface area contributed by atoms with E-state index in [2.05, 4.69) is 27.6 Å². The number of fused-ring (bicyclic) bond motifs is 2. The quantitative estimate of drug-likeness (QED) is 0.115. The molecule has 13 nitrogen and oxygen atoms in total. The van der Waals surface area contributed by atoms with E-state index in [1.165, 1.54) is 57.3 Å². The molecular formula is C45H47B3F3N7O6S. The number of aliphatic hydroxyl groups is 1. The number of alkyl halides is 3. The van der Waals surface area contributed by atoms with E-state index in [9.17, 15) is 42.3 Å². The van der Waals surface area contributed by atoms with Crippen molar-refractivity contribution in [3.05, 3.63) is 81.6 Å². The Morgan fingerprint density at radius 1 is 0.938 bits per heavy atom. The minimum absolute atomic E-state index is 0.138. The zero-order valence-electron chi connectivity index (χ0n) is 36.3. The molecule has 334 valence electrons. The number of nitrogens with zero attached hydrogens (tertiary/aromatic N) is 4. The van der Waals surface area contributed by atoms with Crippen molar-refractivity contribution in [2.45, 2.75) is 100.0 Å². The maximum absolute atomic E-state index is 13.3. The lowest BCUT2D eigenvalue weighted by Gasteiger charge is -2.58. The molecule has 2 saturated heterocycles. The van der Waals surface area contributed by atoms with Crippen LogP contribution in [-0.2, 0) is 21.4 Å². The molecule has 5 amide bonds. The van der Waals surface area contributed by atoms with Gasteiger partial charge in [-0.3, -0.25) is 34.2 Å². The number of pyridine rings is 1. The molecule has 9 rings (SSSR count). The molecule has 5 heterocycles. The highest BCUT2D eigenvalue weighted by Crippen LogP contribution is 2.52. The van der Waals surface area contributed by atoms with E-state index in [1.807, 2.05) is 5.32 Å². The summed E-state index contributed by atoms with van der Waals surface area (Å²) in [5.41, 5.74) is -2.16. The predicted molar refractivity (Wildman–Crippen MR) is 241 cm³/mol. The van der Waals surface area contributed by atoms with Crippen molar-refractivity contribution in [3.8, 4) is 0 Å². The van der Waals surface area contributed by atoms with Crippen LogP contribution >= 0.6 is 11.3 Å². The molecular weight excluding hydrogens is 856 g/mol. The van der Waals surface area contributed by atoms with Gasteiger partial charge in [-0.1, -0.05) is 31.4 Å². The Morgan fingerprint density at radius 2 is 1.63 bits per heavy atom. The third-order valence-electron chi connectivity index (χ3n) is 13.1. The summed E-state index contributed by atoms with van der Waals surface area (Å²) in [6.45, 7) is 6.17. The van der Waals surface area contributed by atoms with E-state index in [-0.39, 0.29) is 16.8 Å². The van der Waals surface area contributed by atoms with Gasteiger partial charge >= 0.3 is 6.18 Å². The molecule has 20 heteroatoms. The molecule has 0 bridgehead atoms. The molecule has 2 aromatic carbocycles. The lowest BCUT2D eigenvalue weighted by atomic mass is 9.45. The number of amides is 5. The van der Waals surface area contributed by atoms with Crippen molar-refractivity contribution in [1.82, 2.24) is 25.1 Å². The fourth-order valence-corrected chi connectivity index (χ4v) is 11.2. The standard InChI is InChI=1S/C23H24F3N3O2S.C22H23B3N4O4/c1-22(2,31)14-11-17-18(32-21(29-17)13-7-4-3-5-8-13)12-16(14)28-20(30)15-9-6-10-19(27-15)23(24,25)26;1-28-10-20(11-28)7-12(8-20)5-6-26-14-4-2-3-13-15(14)17(31)29(16(13)30)22(25)9-21(23,24)18(32)27-19(22)33/h6,9-13,31H,3-5,7-8H2,1-2H3,(H,28,30);2-4,12,26H,5-11H2,1H3,(H,27,32,33). The topological polar surface area (TPSA) is 174 Å². The van der Waals surface area contributed by atoms with Gasteiger partial charge in [0.05, 0.1) is 53.1 Å². The number of rotatable bonds is 9. The minimum atomic E-state index is -4.65. The Hall–Kier alpha value is -5.07. The predicted octanol–water partition coefficient (Wildman–Crippen LogP) is 6.03. The highest BCUT2D eigenvalue weighted by molar-refractivity contribution is 7.18. The smallest absolute Gasteiger partial charge is 0.386 e. The molecule has 1 unspecified atom stereocenters. The molecule has 1 atom stereocenters. The van der Waals surface area contributed by atoms with E-state index >= 15 is 0 Å². The van der Waals surface area contributed by atoms with E-state index < -0.39 is 64.1 Å². The van der Waals surface area contributed by atoms with Gasteiger partial charge in [0.2, 0.25) is 11.8 Å². The molecule has 3 aliphatic heterocycles. The summed E-state index contributed by atoms with van der Waals surface area (Å²) >= 11 is 1.56. The molecule has 65 heavy (non-hydrogen) atoms. The van der Waals surface area contributed by atoms with Crippen LogP contribution in [-0.4, -0.2) is 110 Å². The zero-order chi connectivity index (χ0) is 46.9. The maximum atomic E-state index is 13.3. The molecule has 4 fully saturated rings. The first kappa shape index (κ1) is 46.5. The molecule has 2 aromatic heterocycles. The largest absolute Gasteiger partial charge is 0.433 e. The first-order valence-electron chi connectivity index (χ1n) is 21.7. The summed E-state index contributed by atoms with van der Waals surface area (Å²) in [4.78, 5) is 74.9. The number of hydrogen-bond donors (Lipinski definition) is 4. The van der Waals surface area contributed by atoms with Crippen molar-refractivity contribution in [2.24, 2.45) is 11.3 Å². The van der Waals surface area contributed by atoms with Crippen LogP contribution in [0.1, 0.15) is 125 Å². The Balaban J connectivity index is 0.000000177. The second-order valence-corrected chi connectivity index (χ2v) is 20.0. The van der Waals surface area contributed by atoms with Gasteiger partial charge in [-0.25, -0.2) is 9.97 Å². The van der Waals surface area contributed by atoms with Gasteiger partial charge < -0.3 is 20.6 Å². The number of imide groups is 2. The highest BCUT2D eigenvalue weighted by Gasteiger charge is 2.56. The number of nitrogens with one attached hydrogen (secondary N) is 3. The van der Waals surface area contributed by atoms with Gasteiger partial charge in [0.15, 0.2) is 0 Å². The molecule has 1 spiro atoms. The number of halogens is 3. The lowest BCUT2D eigenvalue weighted by molar-refractivity contribution is -0.141. The molecule has 4 aromatic rings. The van der Waals surface area contributed by atoms with E-state index in [1.54, 1.807) is 49.4 Å². The first-order chi connectivity index (χ1) is 30.5. The Kier molecular flexibility index (Phi) is 12.1. The van der Waals surface area contributed by atoms with Crippen LogP contribution in [0.4, 0.5) is 24.5 Å². The molecule has 6 radical (unpaired) electrons. The molecule has 5 aliphatic rings. The summed E-state index contributed by atoms with van der Waals surface area (Å²) in [6, 6.07) is 11.6. The number of aromatic nitrogens is 2. The van der Waals surface area contributed by atoms with Crippen LogP contribution in [0.25, 0.3) is 10.2 Å². The monoisotopic (exact) mass is 903 g/mol. The number of benzene rings is 2. The normalized spacial score (nSPS) is 22.2. The number of anilines is 2. The average molecular weight is 903 g/mol. The zero-order valence-corrected chi connectivity index (χ0v) is 37.1. The van der Waals surface area contributed by atoms with Crippen LogP contribution in [0.3, 0.4) is 0 Å². The number of piperidine rings is 1. The van der Waals surface area contributed by atoms with Crippen molar-refractivity contribution >= 4 is 86.0 Å². The highest BCUT2D eigenvalue weighted by atomic mass is 32.1. The number of likely N-dealkylation sites (tertiary alicyclic amines) is 1. The van der Waals surface area contributed by atoms with Gasteiger partial charge in [0.1, 0.15) is 19.2 Å². The third kappa shape index (κ3) is 9.09. The van der Waals surface area contributed by atoms with Crippen LogP contribution in [0, 0.1) is 11.3 Å². The van der Waals surface area contributed by atoms with Gasteiger partial charge in [0.25, 0.3) is 17.7 Å². The second kappa shape index (κ2) is 17.0. The van der Waals surface area contributed by atoms with E-state index in [0.717, 1.165) is 46.6 Å². The van der Waals surface area contributed by atoms with Crippen molar-refractivity contribution in [2.75, 3.05) is 37.3 Å². The van der Waals surface area contributed by atoms with Crippen molar-refractivity contribution in [1.29, 1.82) is 0 Å². The third-order valence-corrected chi connectivity index (χ3v) is 14.3. The lowest BCUT2D eigenvalue weighted by Crippen LogP contribution is -2.68. The van der Waals surface area contributed by atoms with E-state index in [4.69, 9.17) is 28.5 Å². The number of thiazole rings is 1. The Bertz CT molecular complexity index is 2580. The molecule has 4 N–H and O–H groups in total. The summed E-state index contributed by atoms with van der Waals surface area (Å²) in [6.07, 6.45) is 3.98. The fourth-order valence-electron chi connectivity index (χ4n) is 10.1. The summed E-state index contributed by atoms with van der Waals surface area (Å²) in [7, 11) is 19.9. The number of carbonyl (C=O) groups is 5. The Morgan fingerprint density at radius 3 is 2.29 bits per heavy atom. The second-order valence-electron chi connectivity index (χ2n) is 18.9. The van der Waals surface area contributed by atoms with Crippen molar-refractivity contribution < 1.29 is 42.3 Å². The maximum Gasteiger partial charge on any atom is 0.433 e. The molecule has 2 aliphatic carbocycles. The Labute approximate surface area is 382 Å². The van der Waals surface area contributed by atoms with Crippen LogP contribution in [0.2, 0.25) is 5.21 Å². The summed E-state index contributed by atoms with van der Waals surface area (Å²) in [5, 5.41) is 17.6. The minimum Gasteiger partial charge on any atom is -0.386 e. The van der Waals surface area contributed by atoms with Gasteiger partial charge in [-0.2, -0.15) is 13.2 Å². The number of carbonyl (C=O) groups excluding carboxylic acids is 5. The summed E-state index contributed by atoms with van der Waals surface area (Å²) < 4.78 is 39.8. The summed E-state index contributed by atoms with van der Waals surface area (Å²) in [5.74, 6) is -3.08. The van der Waals surface area contributed by atoms with Crippen LogP contribution in [0.15, 0.2) is 48.5 Å². The average Bonchev–Trinajstić information content (AvgIpc) is 3.76. The molecule has 2 saturated carbocycles. The van der Waals surface area contributed by atoms with Gasteiger partial charge in [-0.05, 0) is 112 Å². The first-order valence-corrected chi connectivity index (χ1v) is 22.5. The van der Waals surface area contributed by atoms with Gasteiger partial charge in [0, 0.05) is 42.5 Å².